The van der Waals surface area contributed by atoms with E-state index >= 15 is 0 Å². The number of rotatable bonds is 6. The summed E-state index contributed by atoms with van der Waals surface area (Å²) in [5.41, 5.74) is 1.03. The lowest BCUT2D eigenvalue weighted by atomic mass is 10.1. The van der Waals surface area contributed by atoms with Crippen LogP contribution in [0.25, 0.3) is 0 Å². The van der Waals surface area contributed by atoms with Crippen LogP contribution < -0.4 is 5.32 Å². The summed E-state index contributed by atoms with van der Waals surface area (Å²) in [7, 11) is 3.44. The topological polar surface area (TPSA) is 86.7 Å². The van der Waals surface area contributed by atoms with Gasteiger partial charge in [0.05, 0.1) is 0 Å². The number of amides is 2. The minimum atomic E-state index is -1.09. The number of aliphatic carboxylic acids is 1. The number of carboxylic acids is 1. The van der Waals surface area contributed by atoms with Crippen molar-refractivity contribution in [2.75, 3.05) is 14.1 Å². The summed E-state index contributed by atoms with van der Waals surface area (Å²) < 4.78 is 0. The van der Waals surface area contributed by atoms with Gasteiger partial charge in [0.15, 0.2) is 0 Å². The summed E-state index contributed by atoms with van der Waals surface area (Å²) in [6.45, 7) is 1.40. The average molecular weight is 330 g/mol. The Kier molecular flexibility index (Phi) is 7.50. The van der Waals surface area contributed by atoms with Gasteiger partial charge in [-0.1, -0.05) is 17.9 Å². The fourth-order valence-electron chi connectivity index (χ4n) is 1.80. The largest absolute Gasteiger partial charge is 0.480 e. The molecule has 24 heavy (non-hydrogen) atoms. The van der Waals surface area contributed by atoms with Crippen LogP contribution in [-0.4, -0.2) is 47.9 Å². The molecule has 0 saturated heterocycles. The van der Waals surface area contributed by atoms with Crippen molar-refractivity contribution in [3.8, 4) is 11.8 Å². The maximum atomic E-state index is 12.0. The summed E-state index contributed by atoms with van der Waals surface area (Å²) in [5, 5.41) is 11.2. The Balaban J connectivity index is 2.60. The van der Waals surface area contributed by atoms with Crippen molar-refractivity contribution in [3.05, 3.63) is 35.4 Å². The Morgan fingerprint density at radius 1 is 1.29 bits per heavy atom. The van der Waals surface area contributed by atoms with Crippen LogP contribution in [0.15, 0.2) is 24.3 Å². The second-order valence-electron chi connectivity index (χ2n) is 5.56. The maximum Gasteiger partial charge on any atom is 0.325 e. The zero-order chi connectivity index (χ0) is 18.1. The Morgan fingerprint density at radius 3 is 2.62 bits per heavy atom. The van der Waals surface area contributed by atoms with E-state index in [1.807, 2.05) is 0 Å². The highest BCUT2D eigenvalue weighted by Crippen LogP contribution is 2.05. The van der Waals surface area contributed by atoms with Crippen molar-refractivity contribution in [1.29, 1.82) is 0 Å². The predicted octanol–water partition coefficient (Wildman–Crippen LogP) is 1.50. The van der Waals surface area contributed by atoms with E-state index in [4.69, 9.17) is 5.11 Å². The van der Waals surface area contributed by atoms with Gasteiger partial charge in [0.25, 0.3) is 5.91 Å². The van der Waals surface area contributed by atoms with E-state index in [0.717, 1.165) is 0 Å². The van der Waals surface area contributed by atoms with Gasteiger partial charge in [0.1, 0.15) is 6.04 Å². The Hall–Kier alpha value is -2.81. The van der Waals surface area contributed by atoms with Crippen molar-refractivity contribution in [1.82, 2.24) is 10.2 Å². The van der Waals surface area contributed by atoms with Crippen molar-refractivity contribution < 1.29 is 19.5 Å². The zero-order valence-electron chi connectivity index (χ0n) is 14.1. The fourth-order valence-corrected chi connectivity index (χ4v) is 1.80. The van der Waals surface area contributed by atoms with Crippen LogP contribution in [0.1, 0.15) is 42.1 Å². The van der Waals surface area contributed by atoms with Crippen molar-refractivity contribution >= 4 is 17.8 Å². The number of nitrogens with zero attached hydrogens (tertiary/aromatic N) is 1. The molecule has 0 unspecified atom stereocenters. The molecule has 2 N–H and O–H groups in total. The van der Waals surface area contributed by atoms with Crippen LogP contribution >= 0.6 is 0 Å². The molecule has 0 spiro atoms. The summed E-state index contributed by atoms with van der Waals surface area (Å²) in [6, 6.07) is 5.73. The monoisotopic (exact) mass is 330 g/mol. The number of carbonyl (C=O) groups is 3. The van der Waals surface area contributed by atoms with Gasteiger partial charge in [0.2, 0.25) is 5.91 Å². The molecule has 0 fully saturated rings. The van der Waals surface area contributed by atoms with Gasteiger partial charge < -0.3 is 15.3 Å². The lowest BCUT2D eigenvalue weighted by molar-refractivity contribution is -0.138. The SMILES string of the molecule is C[C@@H](NC(=O)c1cccc(C#CCCCC(=O)N(C)C)c1)C(=O)O. The van der Waals surface area contributed by atoms with Gasteiger partial charge in [-0.15, -0.1) is 0 Å². The fraction of sp³-hybridized carbons (Fsp3) is 0.389. The predicted molar refractivity (Wildman–Crippen MR) is 90.4 cm³/mol. The lowest BCUT2D eigenvalue weighted by Crippen LogP contribution is -2.38. The number of hydrogen-bond acceptors (Lipinski definition) is 3. The van der Waals surface area contributed by atoms with Gasteiger partial charge in [-0.3, -0.25) is 14.4 Å². The molecule has 1 aromatic rings. The molecule has 0 radical (unpaired) electrons. The molecule has 6 heteroatoms. The van der Waals surface area contributed by atoms with Crippen molar-refractivity contribution in [2.45, 2.75) is 32.2 Å². The Labute approximate surface area is 141 Å². The number of nitrogens with one attached hydrogen (secondary N) is 1. The molecular weight excluding hydrogens is 308 g/mol. The van der Waals surface area contributed by atoms with Crippen LogP contribution in [0.3, 0.4) is 0 Å². The molecule has 0 aliphatic heterocycles. The van der Waals surface area contributed by atoms with Gasteiger partial charge >= 0.3 is 5.97 Å². The molecular formula is C18H22N2O4. The summed E-state index contributed by atoms with van der Waals surface area (Å²) >= 11 is 0. The minimum absolute atomic E-state index is 0.0722. The first kappa shape index (κ1) is 19.2. The quantitative estimate of drug-likeness (QED) is 0.611. The molecule has 1 aromatic carbocycles. The number of carbonyl (C=O) groups excluding carboxylic acids is 2. The molecule has 128 valence electrons. The first-order chi connectivity index (χ1) is 11.3. The lowest BCUT2D eigenvalue weighted by Gasteiger charge is -2.09. The molecule has 1 atom stereocenters. The highest BCUT2D eigenvalue weighted by molar-refractivity contribution is 5.96. The molecule has 0 aliphatic carbocycles. The average Bonchev–Trinajstić information content (AvgIpc) is 2.54. The first-order valence-corrected chi connectivity index (χ1v) is 7.64. The highest BCUT2D eigenvalue weighted by atomic mass is 16.4. The second-order valence-corrected chi connectivity index (χ2v) is 5.56. The third-order valence-electron chi connectivity index (χ3n) is 3.27. The number of carboxylic acid groups (broad SMARTS) is 1. The van der Waals surface area contributed by atoms with E-state index in [-0.39, 0.29) is 5.91 Å². The van der Waals surface area contributed by atoms with E-state index in [9.17, 15) is 14.4 Å². The minimum Gasteiger partial charge on any atom is -0.480 e. The number of benzene rings is 1. The molecule has 0 aromatic heterocycles. The van der Waals surface area contributed by atoms with E-state index in [0.29, 0.717) is 30.4 Å². The first-order valence-electron chi connectivity index (χ1n) is 7.64. The summed E-state index contributed by atoms with van der Waals surface area (Å²) in [5.74, 6) is 4.45. The number of hydrogen-bond donors (Lipinski definition) is 2. The Bertz CT molecular complexity index is 671. The van der Waals surface area contributed by atoms with E-state index < -0.39 is 17.9 Å². The normalized spacial score (nSPS) is 11.0. The van der Waals surface area contributed by atoms with Crippen LogP contribution in [0.4, 0.5) is 0 Å². The molecule has 2 amide bonds. The molecule has 6 nitrogen and oxygen atoms in total. The van der Waals surface area contributed by atoms with Crippen LogP contribution in [-0.2, 0) is 9.59 Å². The van der Waals surface area contributed by atoms with E-state index in [2.05, 4.69) is 17.2 Å². The smallest absolute Gasteiger partial charge is 0.325 e. The molecule has 0 bridgehead atoms. The molecule has 0 heterocycles. The van der Waals surface area contributed by atoms with Crippen molar-refractivity contribution in [2.24, 2.45) is 0 Å². The molecule has 0 saturated carbocycles. The summed E-state index contributed by atoms with van der Waals surface area (Å²) in [6.07, 6.45) is 1.73. The van der Waals surface area contributed by atoms with Gasteiger partial charge in [-0.05, 0) is 31.5 Å². The van der Waals surface area contributed by atoms with Crippen LogP contribution in [0.2, 0.25) is 0 Å². The van der Waals surface area contributed by atoms with Gasteiger partial charge in [-0.25, -0.2) is 0 Å². The second kappa shape index (κ2) is 9.36. The zero-order valence-corrected chi connectivity index (χ0v) is 14.1. The Morgan fingerprint density at radius 2 is 2.00 bits per heavy atom. The highest BCUT2D eigenvalue weighted by Gasteiger charge is 2.15. The molecule has 0 aliphatic rings. The maximum absolute atomic E-state index is 12.0. The van der Waals surface area contributed by atoms with Gasteiger partial charge in [0, 0.05) is 38.1 Å². The number of unbranched alkanes of at least 4 members (excludes halogenated alkanes) is 1. The standard InChI is InChI=1S/C18H22N2O4/c1-13(18(23)24)19-17(22)15-10-7-9-14(12-15)8-5-4-6-11-16(21)20(2)3/h7,9-10,12-13H,4,6,11H2,1-3H3,(H,19,22)(H,23,24)/t13-/m1/s1. The van der Waals surface area contributed by atoms with Crippen molar-refractivity contribution in [3.63, 3.8) is 0 Å². The summed E-state index contributed by atoms with van der Waals surface area (Å²) in [4.78, 5) is 35.7. The molecule has 1 rings (SSSR count). The third kappa shape index (κ3) is 6.53. The van der Waals surface area contributed by atoms with E-state index in [1.54, 1.807) is 43.3 Å². The van der Waals surface area contributed by atoms with Gasteiger partial charge in [-0.2, -0.15) is 0 Å². The van der Waals surface area contributed by atoms with E-state index in [1.165, 1.54) is 6.92 Å². The van der Waals surface area contributed by atoms with Crippen LogP contribution in [0.5, 0.6) is 0 Å². The van der Waals surface area contributed by atoms with Crippen LogP contribution in [0, 0.1) is 11.8 Å². The third-order valence-corrected chi connectivity index (χ3v) is 3.27.